The molecule has 0 atom stereocenters. The minimum Gasteiger partial charge on any atom is -0.454 e. The van der Waals surface area contributed by atoms with Gasteiger partial charge < -0.3 is 14.8 Å². The van der Waals surface area contributed by atoms with Crippen LogP contribution >= 0.6 is 11.3 Å². The highest BCUT2D eigenvalue weighted by atomic mass is 32.1. The number of anilines is 1. The van der Waals surface area contributed by atoms with E-state index in [9.17, 15) is 4.79 Å². The molecule has 6 heteroatoms. The highest BCUT2D eigenvalue weighted by Crippen LogP contribution is 2.34. The van der Waals surface area contributed by atoms with Crippen molar-refractivity contribution in [2.75, 3.05) is 12.1 Å². The van der Waals surface area contributed by atoms with Gasteiger partial charge in [-0.05, 0) is 19.1 Å². The van der Waals surface area contributed by atoms with Crippen molar-refractivity contribution in [3.8, 4) is 11.5 Å². The van der Waals surface area contributed by atoms with Gasteiger partial charge in [0.2, 0.25) is 12.7 Å². The van der Waals surface area contributed by atoms with Crippen molar-refractivity contribution in [3.63, 3.8) is 0 Å². The summed E-state index contributed by atoms with van der Waals surface area (Å²) < 4.78 is 10.5. The monoisotopic (exact) mass is 276 g/mol. The number of rotatable bonds is 3. The number of nitrogens with zero attached hydrogens (tertiary/aromatic N) is 1. The second-order valence-electron chi connectivity index (χ2n) is 4.18. The molecule has 0 aliphatic carbocycles. The van der Waals surface area contributed by atoms with Gasteiger partial charge in [-0.2, -0.15) is 0 Å². The summed E-state index contributed by atoms with van der Waals surface area (Å²) in [6, 6.07) is 5.33. The Morgan fingerprint density at radius 3 is 3.05 bits per heavy atom. The Morgan fingerprint density at radius 1 is 1.42 bits per heavy atom. The Morgan fingerprint density at radius 2 is 2.26 bits per heavy atom. The molecule has 1 aromatic heterocycles. The number of hydrogen-bond acceptors (Lipinski definition) is 5. The molecule has 5 nitrogen and oxygen atoms in total. The molecule has 0 spiro atoms. The number of fused-ring (bicyclic) bond motifs is 1. The summed E-state index contributed by atoms with van der Waals surface area (Å²) in [4.78, 5) is 16.1. The Bertz CT molecular complexity index is 624. The average molecular weight is 276 g/mol. The summed E-state index contributed by atoms with van der Waals surface area (Å²) in [6.45, 7) is 2.14. The first-order chi connectivity index (χ1) is 9.20. The van der Waals surface area contributed by atoms with Crippen LogP contribution in [0.1, 0.15) is 10.7 Å². The molecule has 1 amide bonds. The van der Waals surface area contributed by atoms with Crippen LogP contribution in [-0.2, 0) is 11.2 Å². The van der Waals surface area contributed by atoms with Gasteiger partial charge in [-0.3, -0.25) is 4.79 Å². The van der Waals surface area contributed by atoms with Crippen LogP contribution in [0.15, 0.2) is 23.6 Å². The molecular weight excluding hydrogens is 264 g/mol. The topological polar surface area (TPSA) is 60.5 Å². The van der Waals surface area contributed by atoms with Gasteiger partial charge in [-0.15, -0.1) is 11.3 Å². The summed E-state index contributed by atoms with van der Waals surface area (Å²) in [5.41, 5.74) is 1.64. The lowest BCUT2D eigenvalue weighted by Gasteiger charge is -2.04. The first kappa shape index (κ1) is 12.0. The van der Waals surface area contributed by atoms with Gasteiger partial charge in [0.1, 0.15) is 5.01 Å². The number of carbonyl (C=O) groups is 1. The lowest BCUT2D eigenvalue weighted by molar-refractivity contribution is -0.115. The van der Waals surface area contributed by atoms with Crippen LogP contribution in [0.5, 0.6) is 11.5 Å². The van der Waals surface area contributed by atoms with Crippen molar-refractivity contribution >= 4 is 22.9 Å². The number of benzene rings is 1. The van der Waals surface area contributed by atoms with E-state index in [0.717, 1.165) is 10.7 Å². The van der Waals surface area contributed by atoms with E-state index < -0.39 is 0 Å². The smallest absolute Gasteiger partial charge is 0.231 e. The average Bonchev–Trinajstić information content (AvgIpc) is 2.97. The number of aromatic nitrogens is 1. The molecule has 0 saturated carbocycles. The maximum absolute atomic E-state index is 11.9. The normalized spacial score (nSPS) is 12.5. The zero-order valence-corrected chi connectivity index (χ0v) is 11.1. The molecule has 1 aliphatic rings. The second-order valence-corrected chi connectivity index (χ2v) is 5.12. The predicted molar refractivity (Wildman–Crippen MR) is 71.7 cm³/mol. The van der Waals surface area contributed by atoms with Crippen LogP contribution in [0.25, 0.3) is 0 Å². The van der Waals surface area contributed by atoms with Gasteiger partial charge in [-0.25, -0.2) is 4.98 Å². The molecule has 0 unspecified atom stereocenters. The van der Waals surface area contributed by atoms with Gasteiger partial charge in [0.25, 0.3) is 0 Å². The quantitative estimate of drug-likeness (QED) is 0.935. The van der Waals surface area contributed by atoms with Crippen molar-refractivity contribution in [2.24, 2.45) is 0 Å². The summed E-state index contributed by atoms with van der Waals surface area (Å²) >= 11 is 1.49. The maximum Gasteiger partial charge on any atom is 0.231 e. The SMILES string of the molecule is Cc1csc(CC(=O)Nc2ccc3c(c2)OCO3)n1. The largest absolute Gasteiger partial charge is 0.454 e. The summed E-state index contributed by atoms with van der Waals surface area (Å²) in [5.74, 6) is 1.27. The molecule has 3 rings (SSSR count). The fourth-order valence-electron chi connectivity index (χ4n) is 1.80. The van der Waals surface area contributed by atoms with E-state index in [4.69, 9.17) is 9.47 Å². The standard InChI is InChI=1S/C13H12N2O3S/c1-8-6-19-13(14-8)5-12(16)15-9-2-3-10-11(4-9)18-7-17-10/h2-4,6H,5,7H2,1H3,(H,15,16). The van der Waals surface area contributed by atoms with E-state index in [1.54, 1.807) is 18.2 Å². The molecule has 0 fully saturated rings. The predicted octanol–water partition coefficient (Wildman–Crippen LogP) is 2.36. The summed E-state index contributed by atoms with van der Waals surface area (Å²) in [5, 5.41) is 5.57. The lowest BCUT2D eigenvalue weighted by Crippen LogP contribution is -2.14. The second kappa shape index (κ2) is 4.89. The molecule has 0 bridgehead atoms. The Balaban J connectivity index is 1.66. The van der Waals surface area contributed by atoms with Crippen molar-refractivity contribution in [3.05, 3.63) is 34.3 Å². The molecule has 0 saturated heterocycles. The van der Waals surface area contributed by atoms with Crippen LogP contribution in [0.2, 0.25) is 0 Å². The highest BCUT2D eigenvalue weighted by Gasteiger charge is 2.14. The van der Waals surface area contributed by atoms with E-state index in [2.05, 4.69) is 10.3 Å². The van der Waals surface area contributed by atoms with Crippen LogP contribution < -0.4 is 14.8 Å². The molecule has 98 valence electrons. The number of thiazole rings is 1. The van der Waals surface area contributed by atoms with Crippen molar-refractivity contribution in [1.29, 1.82) is 0 Å². The van der Waals surface area contributed by atoms with Gasteiger partial charge in [0.05, 0.1) is 6.42 Å². The number of carbonyl (C=O) groups excluding carboxylic acids is 1. The minimum atomic E-state index is -0.0896. The third kappa shape index (κ3) is 2.68. The van der Waals surface area contributed by atoms with Crippen LogP contribution in [0.4, 0.5) is 5.69 Å². The van der Waals surface area contributed by atoms with Gasteiger partial charge in [-0.1, -0.05) is 0 Å². The number of ether oxygens (including phenoxy) is 2. The molecule has 1 aliphatic heterocycles. The van der Waals surface area contributed by atoms with Crippen LogP contribution in [0, 0.1) is 6.92 Å². The Kier molecular flexibility index (Phi) is 3.08. The van der Waals surface area contributed by atoms with E-state index in [1.165, 1.54) is 11.3 Å². The van der Waals surface area contributed by atoms with Crippen molar-refractivity contribution < 1.29 is 14.3 Å². The van der Waals surface area contributed by atoms with E-state index >= 15 is 0 Å². The van der Waals surface area contributed by atoms with Gasteiger partial charge in [0, 0.05) is 22.8 Å². The lowest BCUT2D eigenvalue weighted by atomic mass is 10.2. The summed E-state index contributed by atoms with van der Waals surface area (Å²) in [6.07, 6.45) is 0.285. The van der Waals surface area contributed by atoms with Crippen molar-refractivity contribution in [2.45, 2.75) is 13.3 Å². The van der Waals surface area contributed by atoms with Crippen LogP contribution in [0.3, 0.4) is 0 Å². The first-order valence-corrected chi connectivity index (χ1v) is 6.69. The molecule has 2 aromatic rings. The Labute approximate surface area is 114 Å². The van der Waals surface area contributed by atoms with Crippen LogP contribution in [-0.4, -0.2) is 17.7 Å². The maximum atomic E-state index is 11.9. The van der Waals surface area contributed by atoms with Crippen molar-refractivity contribution in [1.82, 2.24) is 4.98 Å². The first-order valence-electron chi connectivity index (χ1n) is 5.81. The zero-order chi connectivity index (χ0) is 13.2. The molecule has 19 heavy (non-hydrogen) atoms. The van der Waals surface area contributed by atoms with E-state index in [0.29, 0.717) is 17.2 Å². The molecule has 1 N–H and O–H groups in total. The molecule has 0 radical (unpaired) electrons. The van der Waals surface area contributed by atoms with E-state index in [1.807, 2.05) is 12.3 Å². The fraction of sp³-hybridized carbons (Fsp3) is 0.231. The molecule has 2 heterocycles. The third-order valence-electron chi connectivity index (χ3n) is 2.63. The fourth-order valence-corrected chi connectivity index (χ4v) is 2.57. The molecular formula is C13H12N2O3S. The number of nitrogens with one attached hydrogen (secondary N) is 1. The molecule has 1 aromatic carbocycles. The minimum absolute atomic E-state index is 0.0896. The number of hydrogen-bond donors (Lipinski definition) is 1. The third-order valence-corrected chi connectivity index (χ3v) is 3.60. The Hall–Kier alpha value is -2.08. The number of aryl methyl sites for hydroxylation is 1. The highest BCUT2D eigenvalue weighted by molar-refractivity contribution is 7.09. The van der Waals surface area contributed by atoms with Gasteiger partial charge in [0.15, 0.2) is 11.5 Å². The number of amides is 1. The summed E-state index contributed by atoms with van der Waals surface area (Å²) in [7, 11) is 0. The van der Waals surface area contributed by atoms with E-state index in [-0.39, 0.29) is 19.1 Å². The zero-order valence-electron chi connectivity index (χ0n) is 10.3. The van der Waals surface area contributed by atoms with Gasteiger partial charge >= 0.3 is 0 Å².